The second kappa shape index (κ2) is 21.0. The molecule has 0 radical (unpaired) electrons. The molecule has 0 spiro atoms. The Hall–Kier alpha value is -5.16. The molecule has 2 aromatic heterocycles. The summed E-state index contributed by atoms with van der Waals surface area (Å²) in [6.45, 7) is 8.05. The Morgan fingerprint density at radius 1 is 0.600 bits per heavy atom. The zero-order valence-electron chi connectivity index (χ0n) is 29.1. The van der Waals surface area contributed by atoms with E-state index in [1.807, 2.05) is 92.7 Å². The van der Waals surface area contributed by atoms with Gasteiger partial charge in [-0.05, 0) is 55.5 Å². The fraction of sp³-hybridized carbons (Fsp3) is 0.250. The lowest BCUT2D eigenvalue weighted by Gasteiger charge is -2.37. The van der Waals surface area contributed by atoms with E-state index in [1.165, 1.54) is 40.0 Å². The SMILES string of the molecule is CCO[n+]1ccccc1C(C)=O.CCO[n+]1ccccc1C(C)=O.[O-]B([O-])OCCCC(c1ccccc1)(c1ccccc1)c1ccccc1. The number of benzene rings is 3. The highest BCUT2D eigenvalue weighted by molar-refractivity contribution is 6.28. The zero-order chi connectivity index (χ0) is 36.2. The molecule has 0 fully saturated rings. The van der Waals surface area contributed by atoms with Crippen molar-refractivity contribution in [1.29, 1.82) is 0 Å². The van der Waals surface area contributed by atoms with E-state index in [9.17, 15) is 19.6 Å². The van der Waals surface area contributed by atoms with Gasteiger partial charge in [-0.3, -0.25) is 19.3 Å². The van der Waals surface area contributed by atoms with Gasteiger partial charge < -0.3 is 14.7 Å². The van der Waals surface area contributed by atoms with Crippen LogP contribution in [0.5, 0.6) is 0 Å². The average molecular weight is 677 g/mol. The summed E-state index contributed by atoms with van der Waals surface area (Å²) in [5.41, 5.74) is 4.31. The van der Waals surface area contributed by atoms with Crippen LogP contribution < -0.4 is 29.2 Å². The molecule has 5 rings (SSSR count). The first-order valence-electron chi connectivity index (χ1n) is 16.6. The van der Waals surface area contributed by atoms with Crippen LogP contribution in [0.1, 0.15) is 78.2 Å². The largest absolute Gasteiger partial charge is 0.871 e. The van der Waals surface area contributed by atoms with Crippen molar-refractivity contribution in [3.05, 3.63) is 168 Å². The first-order valence-corrected chi connectivity index (χ1v) is 16.6. The molecule has 0 N–H and O–H groups in total. The number of ketones is 2. The van der Waals surface area contributed by atoms with Crippen molar-refractivity contribution in [1.82, 2.24) is 0 Å². The van der Waals surface area contributed by atoms with Crippen LogP contribution in [0.3, 0.4) is 0 Å². The number of hydrogen-bond acceptors (Lipinski definition) is 7. The summed E-state index contributed by atoms with van der Waals surface area (Å²) in [5.74, 6) is 0.00750. The van der Waals surface area contributed by atoms with Gasteiger partial charge in [0.25, 0.3) is 11.4 Å². The van der Waals surface area contributed by atoms with Gasteiger partial charge in [0.05, 0.1) is 7.32 Å². The summed E-state index contributed by atoms with van der Waals surface area (Å²) >= 11 is 0. The third kappa shape index (κ3) is 11.5. The Morgan fingerprint density at radius 2 is 0.960 bits per heavy atom. The van der Waals surface area contributed by atoms with E-state index >= 15 is 0 Å². The van der Waals surface area contributed by atoms with E-state index in [1.54, 1.807) is 24.5 Å². The Bertz CT molecular complexity index is 1570. The Morgan fingerprint density at radius 3 is 1.28 bits per heavy atom. The number of hydrogen-bond donors (Lipinski definition) is 0. The van der Waals surface area contributed by atoms with Gasteiger partial charge in [-0.1, -0.05) is 91.0 Å². The van der Waals surface area contributed by atoms with Crippen molar-refractivity contribution >= 4 is 18.9 Å². The summed E-state index contributed by atoms with van der Waals surface area (Å²) in [5, 5.41) is 21.4. The molecule has 9 nitrogen and oxygen atoms in total. The van der Waals surface area contributed by atoms with Crippen molar-refractivity contribution in [2.24, 2.45) is 0 Å². The lowest BCUT2D eigenvalue weighted by atomic mass is 9.67. The first kappa shape index (κ1) is 39.3. The fourth-order valence-corrected chi connectivity index (χ4v) is 5.52. The van der Waals surface area contributed by atoms with Crippen LogP contribution >= 0.6 is 0 Å². The average Bonchev–Trinajstić information content (AvgIpc) is 3.14. The van der Waals surface area contributed by atoms with Crippen LogP contribution in [-0.2, 0) is 10.1 Å². The predicted molar refractivity (Wildman–Crippen MR) is 188 cm³/mol. The van der Waals surface area contributed by atoms with Gasteiger partial charge in [-0.15, -0.1) is 0 Å². The van der Waals surface area contributed by atoms with Crippen molar-refractivity contribution in [3.63, 3.8) is 0 Å². The maximum atomic E-state index is 11.0. The molecule has 0 aliphatic rings. The van der Waals surface area contributed by atoms with Crippen molar-refractivity contribution in [3.8, 4) is 0 Å². The van der Waals surface area contributed by atoms with Gasteiger partial charge >= 0.3 is 0 Å². The van der Waals surface area contributed by atoms with E-state index in [0.717, 1.165) is 6.42 Å². The number of carbonyl (C=O) groups excluding carboxylic acids is 2. The molecule has 3 aromatic carbocycles. The van der Waals surface area contributed by atoms with E-state index in [0.29, 0.717) is 31.0 Å². The molecule has 0 aliphatic carbocycles. The van der Waals surface area contributed by atoms with Crippen LogP contribution in [0.4, 0.5) is 0 Å². The Kier molecular flexibility index (Phi) is 16.5. The van der Waals surface area contributed by atoms with Gasteiger partial charge in [-0.25, -0.2) is 0 Å². The molecular weight excluding hydrogens is 631 g/mol. The molecular formula is C40H45BN2O7. The topological polar surface area (TPSA) is 116 Å². The van der Waals surface area contributed by atoms with Crippen LogP contribution in [0.25, 0.3) is 0 Å². The van der Waals surface area contributed by atoms with Gasteiger partial charge in [0.15, 0.2) is 13.2 Å². The monoisotopic (exact) mass is 676 g/mol. The smallest absolute Gasteiger partial charge is 0.299 e. The molecule has 0 aliphatic heterocycles. The number of rotatable bonds is 14. The summed E-state index contributed by atoms with van der Waals surface area (Å²) in [6.07, 6.45) is 4.79. The normalized spacial score (nSPS) is 10.4. The van der Waals surface area contributed by atoms with E-state index in [-0.39, 0.29) is 23.6 Å². The molecule has 0 saturated carbocycles. The van der Waals surface area contributed by atoms with Gasteiger partial charge in [0, 0.05) is 59.6 Å². The number of pyridine rings is 2. The molecule has 5 aromatic rings. The van der Waals surface area contributed by atoms with Crippen LogP contribution in [0.2, 0.25) is 0 Å². The van der Waals surface area contributed by atoms with Crippen LogP contribution in [-0.4, -0.2) is 38.7 Å². The number of aromatic nitrogens is 2. The minimum absolute atomic E-state index is 0.00375. The first-order chi connectivity index (χ1) is 24.2. The molecule has 0 unspecified atom stereocenters. The Labute approximate surface area is 295 Å². The second-order valence-corrected chi connectivity index (χ2v) is 11.0. The number of nitrogens with zero attached hydrogens (tertiary/aromatic N) is 2. The summed E-state index contributed by atoms with van der Waals surface area (Å²) in [7, 11) is -2.23. The van der Waals surface area contributed by atoms with E-state index < -0.39 is 7.32 Å². The highest BCUT2D eigenvalue weighted by atomic mass is 16.7. The third-order valence-corrected chi connectivity index (χ3v) is 7.66. The number of carbonyl (C=O) groups is 2. The highest BCUT2D eigenvalue weighted by Crippen LogP contribution is 2.42. The molecule has 260 valence electrons. The fourth-order valence-electron chi connectivity index (χ4n) is 5.52. The number of Topliss-reactive ketones (excluding diaryl/α,β-unsaturated/α-hetero) is 2. The Balaban J connectivity index is 0.000000234. The van der Waals surface area contributed by atoms with E-state index in [2.05, 4.69) is 36.4 Å². The van der Waals surface area contributed by atoms with E-state index in [4.69, 9.17) is 14.3 Å². The summed E-state index contributed by atoms with van der Waals surface area (Å²) < 4.78 is 7.71. The minimum Gasteiger partial charge on any atom is -0.871 e. The third-order valence-electron chi connectivity index (χ3n) is 7.66. The van der Waals surface area contributed by atoms with Gasteiger partial charge in [-0.2, -0.15) is 0 Å². The maximum Gasteiger partial charge on any atom is 0.299 e. The van der Waals surface area contributed by atoms with Crippen LogP contribution in [0, 0.1) is 0 Å². The maximum absolute atomic E-state index is 11.0. The molecule has 0 atom stereocenters. The van der Waals surface area contributed by atoms with Gasteiger partial charge in [0.1, 0.15) is 0 Å². The van der Waals surface area contributed by atoms with Crippen LogP contribution in [0.15, 0.2) is 140 Å². The molecule has 0 saturated heterocycles. The predicted octanol–water partition coefficient (Wildman–Crippen LogP) is 3.77. The standard InChI is InChI=1S/C22H21BO3.2C9H12NO2/c24-23(25)26-18-10-17-22(19-11-4-1-5-12-19,20-13-6-2-7-14-20)21-15-8-3-9-16-21;2*1-3-12-10-7-5-4-6-9(10)8(2)11/h1-9,11-16H,10,17-18H2;2*4-7H,3H2,1-2H3/q-2;2*+1. The molecule has 0 bridgehead atoms. The lowest BCUT2D eigenvalue weighted by molar-refractivity contribution is -0.892. The lowest BCUT2D eigenvalue weighted by Crippen LogP contribution is -2.48. The molecule has 2 heterocycles. The van der Waals surface area contributed by atoms with Gasteiger partial charge in [0.2, 0.25) is 24.0 Å². The second-order valence-electron chi connectivity index (χ2n) is 11.0. The highest BCUT2D eigenvalue weighted by Gasteiger charge is 2.35. The molecule has 10 heteroatoms. The van der Waals surface area contributed by atoms with Crippen molar-refractivity contribution in [2.45, 2.75) is 46.0 Å². The summed E-state index contributed by atoms with van der Waals surface area (Å²) in [4.78, 5) is 32.5. The molecule has 0 amide bonds. The minimum atomic E-state index is -2.23. The quantitative estimate of drug-likeness (QED) is 0.0579. The summed E-state index contributed by atoms with van der Waals surface area (Å²) in [6, 6.07) is 41.8. The zero-order valence-corrected chi connectivity index (χ0v) is 29.1. The van der Waals surface area contributed by atoms with Crippen molar-refractivity contribution < 1.29 is 43.4 Å². The molecule has 50 heavy (non-hydrogen) atoms. The van der Waals surface area contributed by atoms with Crippen molar-refractivity contribution in [2.75, 3.05) is 19.8 Å².